The van der Waals surface area contributed by atoms with Crippen LogP contribution in [0.4, 0.5) is 5.69 Å². The number of nitrogens with one attached hydrogen (secondary N) is 1. The highest BCUT2D eigenvalue weighted by atomic mass is 35.5. The summed E-state index contributed by atoms with van der Waals surface area (Å²) in [6.07, 6.45) is 5.07. The molecule has 0 saturated heterocycles. The molecule has 218 valence electrons. The lowest BCUT2D eigenvalue weighted by atomic mass is 9.95. The summed E-state index contributed by atoms with van der Waals surface area (Å²) in [6.45, 7) is 1.26. The Kier molecular flexibility index (Phi) is 10.3. The van der Waals surface area contributed by atoms with Crippen LogP contribution in [0.25, 0.3) is 0 Å². The molecule has 10 heteroatoms. The van der Waals surface area contributed by atoms with Crippen LogP contribution in [0.3, 0.4) is 0 Å². The third kappa shape index (κ3) is 7.80. The molecule has 3 aromatic carbocycles. The molecule has 2 amide bonds. The number of carbonyl (C=O) groups excluding carboxylic acids is 2. The first kappa shape index (κ1) is 30.4. The van der Waals surface area contributed by atoms with Gasteiger partial charge >= 0.3 is 0 Å². The molecule has 1 atom stereocenters. The monoisotopic (exact) mass is 597 g/mol. The minimum atomic E-state index is -4.14. The van der Waals surface area contributed by atoms with E-state index in [-0.39, 0.29) is 29.1 Å². The Bertz CT molecular complexity index is 1430. The number of hydrogen-bond donors (Lipinski definition) is 1. The van der Waals surface area contributed by atoms with E-state index < -0.39 is 28.5 Å². The number of anilines is 1. The number of rotatable bonds is 11. The van der Waals surface area contributed by atoms with Crippen LogP contribution < -0.4 is 14.4 Å². The SMILES string of the molecule is COc1cccc(N(CC(=O)N(Cc2ccc(Cl)cc2)C(C)C(=O)NC2CCCCC2)S(=O)(=O)c2ccccc2)c1. The van der Waals surface area contributed by atoms with Gasteiger partial charge in [0, 0.05) is 23.7 Å². The van der Waals surface area contributed by atoms with Crippen molar-refractivity contribution in [2.24, 2.45) is 0 Å². The van der Waals surface area contributed by atoms with Crippen molar-refractivity contribution >= 4 is 39.1 Å². The van der Waals surface area contributed by atoms with Crippen LogP contribution in [0, 0.1) is 0 Å². The molecule has 0 radical (unpaired) electrons. The van der Waals surface area contributed by atoms with E-state index in [4.69, 9.17) is 16.3 Å². The van der Waals surface area contributed by atoms with Crippen LogP contribution in [0.2, 0.25) is 5.02 Å². The molecule has 0 aliphatic heterocycles. The molecule has 0 spiro atoms. The molecule has 1 fully saturated rings. The van der Waals surface area contributed by atoms with Gasteiger partial charge in [0.15, 0.2) is 0 Å². The van der Waals surface area contributed by atoms with Gasteiger partial charge < -0.3 is 15.0 Å². The first-order valence-electron chi connectivity index (χ1n) is 13.7. The Morgan fingerprint density at radius 2 is 1.66 bits per heavy atom. The van der Waals surface area contributed by atoms with Gasteiger partial charge in [-0.1, -0.05) is 67.3 Å². The van der Waals surface area contributed by atoms with Gasteiger partial charge in [0.1, 0.15) is 18.3 Å². The number of amides is 2. The fourth-order valence-electron chi connectivity index (χ4n) is 4.95. The van der Waals surface area contributed by atoms with Crippen LogP contribution in [0.5, 0.6) is 5.75 Å². The highest BCUT2D eigenvalue weighted by Gasteiger charge is 2.33. The Hall–Kier alpha value is -3.56. The third-order valence-corrected chi connectivity index (χ3v) is 9.38. The Morgan fingerprint density at radius 1 is 0.976 bits per heavy atom. The fraction of sp³-hybridized carbons (Fsp3) is 0.355. The maximum absolute atomic E-state index is 14.1. The van der Waals surface area contributed by atoms with E-state index >= 15 is 0 Å². The minimum Gasteiger partial charge on any atom is -0.497 e. The van der Waals surface area contributed by atoms with Gasteiger partial charge in [0.05, 0.1) is 17.7 Å². The summed E-state index contributed by atoms with van der Waals surface area (Å²) in [5.74, 6) is -0.340. The molecule has 4 rings (SSSR count). The maximum Gasteiger partial charge on any atom is 0.264 e. The molecule has 1 N–H and O–H groups in total. The van der Waals surface area contributed by atoms with Gasteiger partial charge in [-0.2, -0.15) is 0 Å². The van der Waals surface area contributed by atoms with E-state index in [1.54, 1.807) is 73.7 Å². The van der Waals surface area contributed by atoms with Crippen LogP contribution >= 0.6 is 11.6 Å². The second kappa shape index (κ2) is 13.9. The Labute approximate surface area is 247 Å². The predicted molar refractivity (Wildman–Crippen MR) is 160 cm³/mol. The summed E-state index contributed by atoms with van der Waals surface area (Å²) in [6, 6.07) is 20.7. The van der Waals surface area contributed by atoms with Crippen LogP contribution in [-0.2, 0) is 26.2 Å². The van der Waals surface area contributed by atoms with Crippen LogP contribution in [0.15, 0.2) is 83.8 Å². The van der Waals surface area contributed by atoms with E-state index in [2.05, 4.69) is 5.32 Å². The maximum atomic E-state index is 14.1. The number of ether oxygens (including phenoxy) is 1. The summed E-state index contributed by atoms with van der Waals surface area (Å²) in [4.78, 5) is 28.9. The topological polar surface area (TPSA) is 96.0 Å². The van der Waals surface area contributed by atoms with E-state index in [1.165, 1.54) is 24.1 Å². The van der Waals surface area contributed by atoms with Crippen molar-refractivity contribution in [3.63, 3.8) is 0 Å². The summed E-state index contributed by atoms with van der Waals surface area (Å²) in [5.41, 5.74) is 1.03. The molecule has 3 aromatic rings. The molecule has 41 heavy (non-hydrogen) atoms. The average Bonchev–Trinajstić information content (AvgIpc) is 3.00. The predicted octanol–water partition coefficient (Wildman–Crippen LogP) is 5.41. The van der Waals surface area contributed by atoms with Gasteiger partial charge in [-0.15, -0.1) is 0 Å². The van der Waals surface area contributed by atoms with Crippen molar-refractivity contribution in [2.45, 2.75) is 62.6 Å². The van der Waals surface area contributed by atoms with E-state index in [9.17, 15) is 18.0 Å². The number of sulfonamides is 1. The lowest BCUT2D eigenvalue weighted by molar-refractivity contribution is -0.139. The molecule has 0 bridgehead atoms. The van der Waals surface area contributed by atoms with Gasteiger partial charge in [0.2, 0.25) is 11.8 Å². The van der Waals surface area contributed by atoms with Crippen molar-refractivity contribution < 1.29 is 22.7 Å². The van der Waals surface area contributed by atoms with Crippen LogP contribution in [0.1, 0.15) is 44.6 Å². The highest BCUT2D eigenvalue weighted by Crippen LogP contribution is 2.28. The van der Waals surface area contributed by atoms with Crippen molar-refractivity contribution in [1.82, 2.24) is 10.2 Å². The molecule has 0 heterocycles. The number of methoxy groups -OCH3 is 1. The molecule has 1 unspecified atom stereocenters. The van der Waals surface area contributed by atoms with E-state index in [0.717, 1.165) is 42.0 Å². The average molecular weight is 598 g/mol. The van der Waals surface area contributed by atoms with Crippen molar-refractivity contribution in [2.75, 3.05) is 18.0 Å². The minimum absolute atomic E-state index is 0.0444. The number of nitrogens with zero attached hydrogens (tertiary/aromatic N) is 2. The lowest BCUT2D eigenvalue weighted by Gasteiger charge is -2.33. The van der Waals surface area contributed by atoms with Crippen molar-refractivity contribution in [1.29, 1.82) is 0 Å². The number of benzene rings is 3. The summed E-state index contributed by atoms with van der Waals surface area (Å²) < 4.78 is 34.1. The highest BCUT2D eigenvalue weighted by molar-refractivity contribution is 7.92. The standard InChI is InChI=1S/C31H36ClN3O5S/c1-23(31(37)33-26-10-5-3-6-11-26)34(21-24-16-18-25(32)19-17-24)30(36)22-35(27-12-9-13-28(20-27)40-2)41(38,39)29-14-7-4-8-15-29/h4,7-9,12-20,23,26H,3,5-6,10-11,21-22H2,1-2H3,(H,33,37). The zero-order chi connectivity index (χ0) is 29.4. The smallest absolute Gasteiger partial charge is 0.264 e. The quantitative estimate of drug-likeness (QED) is 0.319. The Balaban J connectivity index is 1.67. The normalized spacial score (nSPS) is 14.6. The van der Waals surface area contributed by atoms with Gasteiger partial charge in [0.25, 0.3) is 10.0 Å². The number of halogens is 1. The van der Waals surface area contributed by atoms with E-state index in [1.807, 2.05) is 0 Å². The van der Waals surface area contributed by atoms with Gasteiger partial charge in [-0.05, 0) is 61.7 Å². The number of hydrogen-bond acceptors (Lipinski definition) is 5. The largest absolute Gasteiger partial charge is 0.497 e. The molecule has 1 saturated carbocycles. The molecule has 0 aromatic heterocycles. The second-order valence-electron chi connectivity index (χ2n) is 10.2. The first-order valence-corrected chi connectivity index (χ1v) is 15.6. The molecule has 8 nitrogen and oxygen atoms in total. The second-order valence-corrected chi connectivity index (χ2v) is 12.5. The Morgan fingerprint density at radius 3 is 2.32 bits per heavy atom. The van der Waals surface area contributed by atoms with Gasteiger partial charge in [-0.25, -0.2) is 8.42 Å². The number of carbonyl (C=O) groups is 2. The van der Waals surface area contributed by atoms with Crippen molar-refractivity contribution in [3.8, 4) is 5.75 Å². The van der Waals surface area contributed by atoms with E-state index in [0.29, 0.717) is 10.8 Å². The third-order valence-electron chi connectivity index (χ3n) is 7.34. The zero-order valence-electron chi connectivity index (χ0n) is 23.3. The molecule has 1 aliphatic carbocycles. The molecule has 1 aliphatic rings. The lowest BCUT2D eigenvalue weighted by Crippen LogP contribution is -2.53. The van der Waals surface area contributed by atoms with Crippen LogP contribution in [-0.4, -0.2) is 50.9 Å². The fourth-order valence-corrected chi connectivity index (χ4v) is 6.50. The molecular formula is C31H36ClN3O5S. The summed E-state index contributed by atoms with van der Waals surface area (Å²) in [5, 5.41) is 3.65. The van der Waals surface area contributed by atoms with Crippen molar-refractivity contribution in [3.05, 3.63) is 89.4 Å². The van der Waals surface area contributed by atoms with Gasteiger partial charge in [-0.3, -0.25) is 13.9 Å². The molecular weight excluding hydrogens is 562 g/mol. The summed E-state index contributed by atoms with van der Waals surface area (Å²) in [7, 11) is -2.66. The first-order chi connectivity index (χ1) is 19.7. The summed E-state index contributed by atoms with van der Waals surface area (Å²) >= 11 is 6.07. The zero-order valence-corrected chi connectivity index (χ0v) is 24.9.